The molecule has 33 heavy (non-hydrogen) atoms. The number of nitro benzene ring substituents is 1. The van der Waals surface area contributed by atoms with Crippen LogP contribution in [0, 0.1) is 24.0 Å². The molecular weight excluding hydrogens is 424 g/mol. The number of methoxy groups -OCH3 is 1. The second-order valence-electron chi connectivity index (χ2n) is 7.37. The Balaban J connectivity index is 1.83. The van der Waals surface area contributed by atoms with Gasteiger partial charge in [0.15, 0.2) is 0 Å². The maximum atomic E-state index is 13.1. The minimum atomic E-state index is -1.02. The van der Waals surface area contributed by atoms with Gasteiger partial charge in [0.05, 0.1) is 17.7 Å². The van der Waals surface area contributed by atoms with Crippen LogP contribution in [0.3, 0.4) is 0 Å². The molecule has 3 amide bonds. The molecule has 0 aliphatic rings. The number of nitro groups is 1. The molecule has 9 heteroatoms. The van der Waals surface area contributed by atoms with E-state index >= 15 is 0 Å². The number of nitrogens with zero attached hydrogens (tertiary/aromatic N) is 1. The fourth-order valence-electron chi connectivity index (χ4n) is 3.18. The number of nitrogens with one attached hydrogen (secondary N) is 3. The number of carbonyl (C=O) groups excluding carboxylic acids is 2. The average molecular weight is 448 g/mol. The summed E-state index contributed by atoms with van der Waals surface area (Å²) < 4.78 is 5.17. The Morgan fingerprint density at radius 3 is 2.30 bits per heavy atom. The molecular formula is C24H24N4O5. The van der Waals surface area contributed by atoms with E-state index in [0.717, 1.165) is 11.1 Å². The Hall–Kier alpha value is -4.40. The van der Waals surface area contributed by atoms with Gasteiger partial charge in [-0.1, -0.05) is 36.4 Å². The van der Waals surface area contributed by atoms with Gasteiger partial charge in [-0.2, -0.15) is 0 Å². The number of non-ortho nitro benzene ring substituents is 1. The Morgan fingerprint density at radius 2 is 1.67 bits per heavy atom. The number of hydrogen-bond acceptors (Lipinski definition) is 5. The van der Waals surface area contributed by atoms with Crippen LogP contribution in [0.5, 0.6) is 5.75 Å². The summed E-state index contributed by atoms with van der Waals surface area (Å²) in [5.41, 5.74) is 3.18. The number of anilines is 2. The molecule has 0 saturated carbocycles. The van der Waals surface area contributed by atoms with E-state index in [1.165, 1.54) is 25.3 Å². The molecule has 3 N–H and O–H groups in total. The minimum Gasteiger partial charge on any atom is -0.495 e. The molecule has 0 aromatic heterocycles. The van der Waals surface area contributed by atoms with Gasteiger partial charge in [0.2, 0.25) is 0 Å². The van der Waals surface area contributed by atoms with Crippen LogP contribution >= 0.6 is 0 Å². The van der Waals surface area contributed by atoms with Gasteiger partial charge in [-0.3, -0.25) is 14.9 Å². The summed E-state index contributed by atoms with van der Waals surface area (Å²) in [4.78, 5) is 36.4. The largest absolute Gasteiger partial charge is 0.495 e. The monoisotopic (exact) mass is 448 g/mol. The Kier molecular flexibility index (Phi) is 7.24. The summed E-state index contributed by atoms with van der Waals surface area (Å²) >= 11 is 0. The van der Waals surface area contributed by atoms with Crippen LogP contribution in [0.1, 0.15) is 22.7 Å². The molecule has 0 aliphatic carbocycles. The molecule has 0 saturated heterocycles. The van der Waals surface area contributed by atoms with Crippen molar-refractivity contribution in [3.8, 4) is 5.75 Å². The first-order valence-corrected chi connectivity index (χ1v) is 10.1. The zero-order chi connectivity index (χ0) is 24.0. The first-order valence-electron chi connectivity index (χ1n) is 10.1. The lowest BCUT2D eigenvalue weighted by molar-refractivity contribution is -0.384. The van der Waals surface area contributed by atoms with Crippen molar-refractivity contribution in [2.45, 2.75) is 19.9 Å². The van der Waals surface area contributed by atoms with Crippen LogP contribution in [0.15, 0.2) is 66.7 Å². The van der Waals surface area contributed by atoms with Crippen LogP contribution in [0.4, 0.5) is 21.9 Å². The van der Waals surface area contributed by atoms with E-state index in [4.69, 9.17) is 4.74 Å². The molecule has 3 aromatic rings. The van der Waals surface area contributed by atoms with Gasteiger partial charge in [0.1, 0.15) is 11.8 Å². The normalized spacial score (nSPS) is 11.2. The smallest absolute Gasteiger partial charge is 0.320 e. The third-order valence-electron chi connectivity index (χ3n) is 5.09. The average Bonchev–Trinajstić information content (AvgIpc) is 2.80. The summed E-state index contributed by atoms with van der Waals surface area (Å²) in [5.74, 6) is -0.197. The molecule has 1 atom stereocenters. The van der Waals surface area contributed by atoms with Crippen molar-refractivity contribution in [2.24, 2.45) is 0 Å². The molecule has 0 radical (unpaired) electrons. The minimum absolute atomic E-state index is 0.102. The van der Waals surface area contributed by atoms with Gasteiger partial charge in [-0.05, 0) is 48.7 Å². The summed E-state index contributed by atoms with van der Waals surface area (Å²) in [6, 6.07) is 16.4. The maximum absolute atomic E-state index is 13.1. The first kappa shape index (κ1) is 23.3. The molecule has 170 valence electrons. The molecule has 3 rings (SSSR count). The Morgan fingerprint density at radius 1 is 0.939 bits per heavy atom. The summed E-state index contributed by atoms with van der Waals surface area (Å²) in [5, 5.41) is 19.1. The number of benzene rings is 3. The fourth-order valence-corrected chi connectivity index (χ4v) is 3.18. The van der Waals surface area contributed by atoms with Crippen molar-refractivity contribution in [3.05, 3.63) is 93.5 Å². The van der Waals surface area contributed by atoms with Gasteiger partial charge < -0.3 is 20.7 Å². The lowest BCUT2D eigenvalue weighted by Crippen LogP contribution is -2.39. The fraction of sp³-hybridized carbons (Fsp3) is 0.167. The van der Waals surface area contributed by atoms with E-state index < -0.39 is 22.9 Å². The number of carbonyl (C=O) groups is 2. The number of amides is 3. The van der Waals surface area contributed by atoms with Gasteiger partial charge in [-0.25, -0.2) is 4.79 Å². The zero-order valence-corrected chi connectivity index (χ0v) is 18.4. The van der Waals surface area contributed by atoms with Crippen molar-refractivity contribution in [1.82, 2.24) is 5.32 Å². The predicted molar refractivity (Wildman–Crippen MR) is 126 cm³/mol. The highest BCUT2D eigenvalue weighted by atomic mass is 16.6. The molecule has 0 fully saturated rings. The molecule has 0 spiro atoms. The number of hydrogen-bond donors (Lipinski definition) is 3. The van der Waals surface area contributed by atoms with Gasteiger partial charge >= 0.3 is 6.03 Å². The predicted octanol–water partition coefficient (Wildman–Crippen LogP) is 4.72. The van der Waals surface area contributed by atoms with Crippen molar-refractivity contribution >= 4 is 29.0 Å². The number of urea groups is 1. The summed E-state index contributed by atoms with van der Waals surface area (Å²) in [7, 11) is 1.38. The standard InChI is InChI=1S/C24H24N4O5/c1-15-9-10-18(13-16(15)2)25-23(29)22(17-7-5-4-6-8-17)27-24(30)26-20-14-19(28(31)32)11-12-21(20)33-3/h4-14,22H,1-3H3,(H,25,29)(H2,26,27,30). The van der Waals surface area contributed by atoms with Crippen LogP contribution in [0.25, 0.3) is 0 Å². The van der Waals surface area contributed by atoms with Crippen LogP contribution in [0.2, 0.25) is 0 Å². The number of ether oxygens (including phenoxy) is 1. The van der Waals surface area contributed by atoms with E-state index in [2.05, 4.69) is 16.0 Å². The van der Waals surface area contributed by atoms with E-state index in [0.29, 0.717) is 11.3 Å². The van der Waals surface area contributed by atoms with Crippen molar-refractivity contribution in [1.29, 1.82) is 0 Å². The zero-order valence-electron chi connectivity index (χ0n) is 18.4. The van der Waals surface area contributed by atoms with E-state index in [-0.39, 0.29) is 17.1 Å². The Labute approximate surface area is 190 Å². The molecule has 0 heterocycles. The van der Waals surface area contributed by atoms with Crippen molar-refractivity contribution in [3.63, 3.8) is 0 Å². The first-order chi connectivity index (χ1) is 15.8. The number of rotatable bonds is 7. The van der Waals surface area contributed by atoms with Gasteiger partial charge in [0.25, 0.3) is 11.6 Å². The Bertz CT molecular complexity index is 1180. The SMILES string of the molecule is COc1ccc([N+](=O)[O-])cc1NC(=O)NC(C(=O)Nc1ccc(C)c(C)c1)c1ccccc1. The number of aryl methyl sites for hydroxylation is 2. The third kappa shape index (κ3) is 5.85. The van der Waals surface area contributed by atoms with Crippen molar-refractivity contribution < 1.29 is 19.2 Å². The van der Waals surface area contributed by atoms with Crippen molar-refractivity contribution in [2.75, 3.05) is 17.7 Å². The highest BCUT2D eigenvalue weighted by molar-refractivity contribution is 6.00. The quantitative estimate of drug-likeness (QED) is 0.356. The van der Waals surface area contributed by atoms with E-state index in [1.54, 1.807) is 36.4 Å². The van der Waals surface area contributed by atoms with Crippen LogP contribution < -0.4 is 20.7 Å². The third-order valence-corrected chi connectivity index (χ3v) is 5.09. The second kappa shape index (κ2) is 10.3. The lowest BCUT2D eigenvalue weighted by Gasteiger charge is -2.20. The van der Waals surface area contributed by atoms with Crippen LogP contribution in [-0.2, 0) is 4.79 Å². The van der Waals surface area contributed by atoms with Gasteiger partial charge in [0, 0.05) is 17.8 Å². The van der Waals surface area contributed by atoms with E-state index in [1.807, 2.05) is 26.0 Å². The van der Waals surface area contributed by atoms with Crippen LogP contribution in [-0.4, -0.2) is 24.0 Å². The lowest BCUT2D eigenvalue weighted by atomic mass is 10.1. The molecule has 0 bridgehead atoms. The topological polar surface area (TPSA) is 123 Å². The molecule has 0 aliphatic heterocycles. The summed E-state index contributed by atoms with van der Waals surface area (Å²) in [6.07, 6.45) is 0. The summed E-state index contributed by atoms with van der Waals surface area (Å²) in [6.45, 7) is 3.92. The highest BCUT2D eigenvalue weighted by Crippen LogP contribution is 2.29. The molecule has 1 unspecified atom stereocenters. The highest BCUT2D eigenvalue weighted by Gasteiger charge is 2.24. The van der Waals surface area contributed by atoms with E-state index in [9.17, 15) is 19.7 Å². The second-order valence-corrected chi connectivity index (χ2v) is 7.37. The molecule has 9 nitrogen and oxygen atoms in total. The van der Waals surface area contributed by atoms with Gasteiger partial charge in [-0.15, -0.1) is 0 Å². The molecule has 3 aromatic carbocycles. The maximum Gasteiger partial charge on any atom is 0.320 e.